The van der Waals surface area contributed by atoms with Crippen molar-refractivity contribution in [1.29, 1.82) is 0 Å². The van der Waals surface area contributed by atoms with E-state index in [1.807, 2.05) is 25.1 Å². The molecule has 2 aromatic rings. The molecule has 0 saturated heterocycles. The number of carbonyl (C=O) groups is 1. The van der Waals surface area contributed by atoms with E-state index >= 15 is 0 Å². The minimum atomic E-state index is -1.03. The van der Waals surface area contributed by atoms with E-state index in [4.69, 9.17) is 9.84 Å². The van der Waals surface area contributed by atoms with E-state index in [1.165, 1.54) is 6.33 Å². The molecule has 1 N–H and O–H groups in total. The maximum Gasteiger partial charge on any atom is 0.356 e. The normalized spacial score (nSPS) is 12.5. The fourth-order valence-electron chi connectivity index (χ4n) is 1.98. The molecule has 0 bridgehead atoms. The third-order valence-corrected chi connectivity index (χ3v) is 2.81. The smallest absolute Gasteiger partial charge is 0.356 e. The van der Waals surface area contributed by atoms with E-state index in [9.17, 15) is 4.79 Å². The van der Waals surface area contributed by atoms with Gasteiger partial charge >= 0.3 is 5.97 Å². The van der Waals surface area contributed by atoms with Crippen LogP contribution in [0.4, 0.5) is 0 Å². The first-order chi connectivity index (χ1) is 8.16. The summed E-state index contributed by atoms with van der Waals surface area (Å²) in [5.74, 6) is -0.273. The molecule has 1 aromatic heterocycles. The quantitative estimate of drug-likeness (QED) is 0.810. The summed E-state index contributed by atoms with van der Waals surface area (Å²) in [5.41, 5.74) is 2.56. The zero-order valence-corrected chi connectivity index (χ0v) is 9.17. The Bertz CT molecular complexity index is 616. The second kappa shape index (κ2) is 3.35. The van der Waals surface area contributed by atoms with Crippen molar-refractivity contribution in [1.82, 2.24) is 9.55 Å². The Balaban J connectivity index is 2.21. The van der Waals surface area contributed by atoms with E-state index in [-0.39, 0.29) is 12.3 Å². The number of nitrogens with zero attached hydrogens (tertiary/aromatic N) is 2. The monoisotopic (exact) mass is 230 g/mol. The van der Waals surface area contributed by atoms with Gasteiger partial charge in [-0.3, -0.25) is 4.57 Å². The van der Waals surface area contributed by atoms with Crippen molar-refractivity contribution < 1.29 is 14.6 Å². The number of aromatic nitrogens is 2. The van der Waals surface area contributed by atoms with Gasteiger partial charge in [0.2, 0.25) is 0 Å². The van der Waals surface area contributed by atoms with Gasteiger partial charge < -0.3 is 9.84 Å². The summed E-state index contributed by atoms with van der Waals surface area (Å²) in [7, 11) is 0. The van der Waals surface area contributed by atoms with Crippen LogP contribution in [0, 0.1) is 6.92 Å². The molecule has 0 unspecified atom stereocenters. The van der Waals surface area contributed by atoms with Crippen LogP contribution in [0.15, 0.2) is 24.5 Å². The fourth-order valence-corrected chi connectivity index (χ4v) is 1.98. The Morgan fingerprint density at radius 2 is 2.35 bits per heavy atom. The highest BCUT2D eigenvalue weighted by molar-refractivity contribution is 5.87. The number of carboxylic acid groups (broad SMARTS) is 1. The van der Waals surface area contributed by atoms with Gasteiger partial charge in [0.25, 0.3) is 0 Å². The molecule has 5 nitrogen and oxygen atoms in total. The second-order valence-electron chi connectivity index (χ2n) is 3.97. The number of hydrogen-bond acceptors (Lipinski definition) is 3. The molecule has 0 radical (unpaired) electrons. The summed E-state index contributed by atoms with van der Waals surface area (Å²) < 4.78 is 7.32. The number of aryl methyl sites for hydroxylation is 1. The lowest BCUT2D eigenvalue weighted by molar-refractivity contribution is 0.0687. The topological polar surface area (TPSA) is 64.3 Å². The Labute approximate surface area is 97.3 Å². The molecule has 2 heterocycles. The third kappa shape index (κ3) is 1.39. The van der Waals surface area contributed by atoms with Gasteiger partial charge in [-0.25, -0.2) is 9.78 Å². The van der Waals surface area contributed by atoms with Crippen molar-refractivity contribution in [3.8, 4) is 11.4 Å². The number of benzene rings is 1. The largest absolute Gasteiger partial charge is 0.485 e. The summed E-state index contributed by atoms with van der Waals surface area (Å²) in [6, 6.07) is 5.79. The number of fused-ring (bicyclic) bond motifs is 3. The summed E-state index contributed by atoms with van der Waals surface area (Å²) in [4.78, 5) is 14.9. The van der Waals surface area contributed by atoms with Crippen LogP contribution in [0.5, 0.6) is 5.75 Å². The molecule has 0 spiro atoms. The van der Waals surface area contributed by atoms with E-state index in [0.29, 0.717) is 5.69 Å². The van der Waals surface area contributed by atoms with Crippen molar-refractivity contribution in [2.75, 3.05) is 0 Å². The molecule has 0 saturated carbocycles. The van der Waals surface area contributed by atoms with Gasteiger partial charge in [-0.05, 0) is 24.6 Å². The molecule has 1 aliphatic heterocycles. The average molecular weight is 230 g/mol. The Kier molecular flexibility index (Phi) is 1.95. The van der Waals surface area contributed by atoms with Gasteiger partial charge in [0, 0.05) is 0 Å². The van der Waals surface area contributed by atoms with Gasteiger partial charge in [0.1, 0.15) is 18.7 Å². The Hall–Kier alpha value is -2.30. The van der Waals surface area contributed by atoms with E-state index < -0.39 is 5.97 Å². The first-order valence-electron chi connectivity index (χ1n) is 5.20. The molecule has 0 amide bonds. The van der Waals surface area contributed by atoms with Crippen molar-refractivity contribution in [3.05, 3.63) is 41.5 Å². The lowest BCUT2D eigenvalue weighted by Gasteiger charge is -2.20. The van der Waals surface area contributed by atoms with Crippen LogP contribution in [0.25, 0.3) is 5.69 Å². The van der Waals surface area contributed by atoms with Crippen LogP contribution in [-0.4, -0.2) is 20.6 Å². The summed E-state index contributed by atoms with van der Waals surface area (Å²) in [5, 5.41) is 8.99. The molecule has 5 heteroatoms. The zero-order chi connectivity index (χ0) is 12.0. The van der Waals surface area contributed by atoms with Crippen LogP contribution in [0.2, 0.25) is 0 Å². The summed E-state index contributed by atoms with van der Waals surface area (Å²) >= 11 is 0. The number of imidazole rings is 1. The standard InChI is InChI=1S/C12H10N2O3/c1-7-2-3-8-10(4-7)17-5-9-11(12(15)16)13-6-14(8)9/h2-4,6H,5H2,1H3,(H,15,16). The van der Waals surface area contributed by atoms with Gasteiger partial charge in [-0.1, -0.05) is 6.07 Å². The molecule has 3 rings (SSSR count). The van der Waals surface area contributed by atoms with E-state index in [1.54, 1.807) is 4.57 Å². The van der Waals surface area contributed by atoms with Crippen LogP contribution in [0.3, 0.4) is 0 Å². The number of ether oxygens (including phenoxy) is 1. The van der Waals surface area contributed by atoms with Crippen LogP contribution < -0.4 is 4.74 Å². The van der Waals surface area contributed by atoms with Crippen LogP contribution in [-0.2, 0) is 6.61 Å². The van der Waals surface area contributed by atoms with Crippen molar-refractivity contribution in [3.63, 3.8) is 0 Å². The number of rotatable bonds is 1. The molecule has 0 aliphatic carbocycles. The summed E-state index contributed by atoms with van der Waals surface area (Å²) in [6.07, 6.45) is 1.52. The molecule has 1 aromatic carbocycles. The number of hydrogen-bond donors (Lipinski definition) is 1. The van der Waals surface area contributed by atoms with Gasteiger partial charge in [0.05, 0.1) is 11.4 Å². The molecule has 86 valence electrons. The van der Waals surface area contributed by atoms with Gasteiger partial charge in [0.15, 0.2) is 5.69 Å². The first kappa shape index (κ1) is 9.89. The lowest BCUT2D eigenvalue weighted by Crippen LogP contribution is -2.15. The first-order valence-corrected chi connectivity index (χ1v) is 5.20. The molecule has 0 fully saturated rings. The minimum absolute atomic E-state index is 0.0521. The zero-order valence-electron chi connectivity index (χ0n) is 9.17. The maximum atomic E-state index is 11.0. The molecular formula is C12H10N2O3. The molecular weight excluding hydrogens is 220 g/mol. The van der Waals surface area contributed by atoms with E-state index in [2.05, 4.69) is 4.98 Å². The average Bonchev–Trinajstić information content (AvgIpc) is 2.72. The lowest BCUT2D eigenvalue weighted by atomic mass is 10.2. The third-order valence-electron chi connectivity index (χ3n) is 2.81. The van der Waals surface area contributed by atoms with Gasteiger partial charge in [-0.2, -0.15) is 0 Å². The predicted octanol–water partition coefficient (Wildman–Crippen LogP) is 1.77. The molecule has 17 heavy (non-hydrogen) atoms. The maximum absolute atomic E-state index is 11.0. The Morgan fingerprint density at radius 3 is 3.12 bits per heavy atom. The number of carboxylic acids is 1. The summed E-state index contributed by atoms with van der Waals surface area (Å²) in [6.45, 7) is 2.22. The predicted molar refractivity (Wildman–Crippen MR) is 59.6 cm³/mol. The minimum Gasteiger partial charge on any atom is -0.485 e. The fraction of sp³-hybridized carbons (Fsp3) is 0.167. The highest BCUT2D eigenvalue weighted by Gasteiger charge is 2.24. The highest BCUT2D eigenvalue weighted by Crippen LogP contribution is 2.31. The van der Waals surface area contributed by atoms with Crippen LogP contribution in [0.1, 0.15) is 21.7 Å². The van der Waals surface area contributed by atoms with Crippen molar-refractivity contribution in [2.24, 2.45) is 0 Å². The van der Waals surface area contributed by atoms with Crippen molar-refractivity contribution >= 4 is 5.97 Å². The van der Waals surface area contributed by atoms with Gasteiger partial charge in [-0.15, -0.1) is 0 Å². The van der Waals surface area contributed by atoms with Crippen LogP contribution >= 0.6 is 0 Å². The second-order valence-corrected chi connectivity index (χ2v) is 3.97. The molecule has 1 aliphatic rings. The van der Waals surface area contributed by atoms with Crippen molar-refractivity contribution in [2.45, 2.75) is 13.5 Å². The number of aromatic carboxylic acids is 1. The Morgan fingerprint density at radius 1 is 1.53 bits per heavy atom. The SMILES string of the molecule is Cc1ccc2c(c1)OCc1c(C(=O)O)ncn1-2. The molecule has 0 atom stereocenters. The van der Waals surface area contributed by atoms with E-state index in [0.717, 1.165) is 17.0 Å². The highest BCUT2D eigenvalue weighted by atomic mass is 16.5.